The number of hydrogen-bond donors (Lipinski definition) is 1. The molecule has 0 unspecified atom stereocenters. The number of H-pyrrole nitrogens is 1. The maximum atomic E-state index is 12.5. The van der Waals surface area contributed by atoms with Crippen molar-refractivity contribution in [1.29, 1.82) is 0 Å². The van der Waals surface area contributed by atoms with Gasteiger partial charge in [-0.05, 0) is 41.8 Å². The van der Waals surface area contributed by atoms with E-state index in [1.54, 1.807) is 33.3 Å². The Kier molecular flexibility index (Phi) is 8.61. The van der Waals surface area contributed by atoms with Crippen molar-refractivity contribution in [2.45, 2.75) is 25.7 Å². The highest BCUT2D eigenvalue weighted by atomic mass is 16.5. The van der Waals surface area contributed by atoms with E-state index in [1.165, 1.54) is 0 Å². The van der Waals surface area contributed by atoms with Crippen molar-refractivity contribution in [3.63, 3.8) is 0 Å². The molecule has 1 heterocycles. The first-order chi connectivity index (χ1) is 16.4. The number of carbonyl (C=O) groups excluding carboxylic acids is 1. The Hall–Kier alpha value is -3.88. The average molecular weight is 467 g/mol. The van der Waals surface area contributed by atoms with Crippen molar-refractivity contribution in [3.05, 3.63) is 75.5 Å². The summed E-state index contributed by atoms with van der Waals surface area (Å²) in [5.41, 5.74) is 1.90. The van der Waals surface area contributed by atoms with Gasteiger partial charge in [-0.15, -0.1) is 10.2 Å². The van der Waals surface area contributed by atoms with Gasteiger partial charge < -0.3 is 24.1 Å². The molecule has 1 aromatic heterocycles. The van der Waals surface area contributed by atoms with E-state index in [2.05, 4.69) is 15.2 Å². The Bertz CT molecular complexity index is 1180. The maximum absolute atomic E-state index is 12.5. The van der Waals surface area contributed by atoms with Crippen LogP contribution in [-0.2, 0) is 24.1 Å². The third-order valence-electron chi connectivity index (χ3n) is 5.50. The van der Waals surface area contributed by atoms with Gasteiger partial charge in [0.15, 0.2) is 11.5 Å². The molecule has 9 heteroatoms. The summed E-state index contributed by atoms with van der Waals surface area (Å²) in [6, 6.07) is 13.2. The molecule has 0 bridgehead atoms. The van der Waals surface area contributed by atoms with Crippen LogP contribution in [0.4, 0.5) is 0 Å². The first-order valence-corrected chi connectivity index (χ1v) is 11.0. The Balaban J connectivity index is 1.52. The van der Waals surface area contributed by atoms with Crippen LogP contribution in [0.15, 0.2) is 47.3 Å². The van der Waals surface area contributed by atoms with Gasteiger partial charge in [-0.2, -0.15) is 0 Å². The summed E-state index contributed by atoms with van der Waals surface area (Å²) in [4.78, 5) is 29.4. The molecule has 0 fully saturated rings. The predicted molar refractivity (Wildman–Crippen MR) is 128 cm³/mol. The number of aryl methyl sites for hydroxylation is 1. The smallest absolute Gasteiger partial charge is 0.272 e. The summed E-state index contributed by atoms with van der Waals surface area (Å²) >= 11 is 0. The minimum absolute atomic E-state index is 0.0675. The molecule has 0 saturated carbocycles. The van der Waals surface area contributed by atoms with Gasteiger partial charge in [-0.25, -0.2) is 0 Å². The lowest BCUT2D eigenvalue weighted by Crippen LogP contribution is -2.30. The van der Waals surface area contributed by atoms with Crippen molar-refractivity contribution < 1.29 is 19.0 Å². The van der Waals surface area contributed by atoms with Crippen LogP contribution in [0.1, 0.15) is 29.1 Å². The molecule has 3 rings (SSSR count). The SMILES string of the molecule is COc1cccc(Cc2nnc(CCC(=O)N(C)CCc3ccc(OC)c(OC)c3)c(=O)[nH]2)c1. The number of likely N-dealkylation sites (N-methyl/N-ethyl adjacent to an activating group) is 1. The molecular weight excluding hydrogens is 436 g/mol. The predicted octanol–water partition coefficient (Wildman–Crippen LogP) is 2.42. The fourth-order valence-electron chi connectivity index (χ4n) is 3.49. The summed E-state index contributed by atoms with van der Waals surface area (Å²) in [6.07, 6.45) is 1.50. The molecule has 0 spiro atoms. The normalized spacial score (nSPS) is 10.6. The van der Waals surface area contributed by atoms with Crippen molar-refractivity contribution in [2.75, 3.05) is 34.9 Å². The van der Waals surface area contributed by atoms with Crippen molar-refractivity contribution >= 4 is 5.91 Å². The quantitative estimate of drug-likeness (QED) is 0.462. The molecule has 9 nitrogen and oxygen atoms in total. The molecule has 0 aliphatic rings. The second-order valence-electron chi connectivity index (χ2n) is 7.83. The number of aromatic amines is 1. The van der Waals surface area contributed by atoms with Crippen LogP contribution < -0.4 is 19.8 Å². The molecule has 0 aliphatic carbocycles. The number of hydrogen-bond acceptors (Lipinski definition) is 7. The molecule has 34 heavy (non-hydrogen) atoms. The van der Waals surface area contributed by atoms with Crippen LogP contribution >= 0.6 is 0 Å². The maximum Gasteiger partial charge on any atom is 0.272 e. The lowest BCUT2D eigenvalue weighted by Gasteiger charge is -2.17. The average Bonchev–Trinajstić information content (AvgIpc) is 2.86. The van der Waals surface area contributed by atoms with Crippen molar-refractivity contribution in [2.24, 2.45) is 0 Å². The highest BCUT2D eigenvalue weighted by molar-refractivity contribution is 5.76. The molecule has 180 valence electrons. The van der Waals surface area contributed by atoms with Gasteiger partial charge in [-0.3, -0.25) is 9.59 Å². The minimum Gasteiger partial charge on any atom is -0.497 e. The molecule has 0 atom stereocenters. The van der Waals surface area contributed by atoms with E-state index >= 15 is 0 Å². The summed E-state index contributed by atoms with van der Waals surface area (Å²) < 4.78 is 15.8. The van der Waals surface area contributed by atoms with E-state index in [0.29, 0.717) is 36.7 Å². The monoisotopic (exact) mass is 466 g/mol. The van der Waals surface area contributed by atoms with Crippen molar-refractivity contribution in [1.82, 2.24) is 20.1 Å². The molecule has 2 aromatic carbocycles. The zero-order chi connectivity index (χ0) is 24.5. The second kappa shape index (κ2) is 11.8. The van der Waals surface area contributed by atoms with Crippen LogP contribution in [0.5, 0.6) is 17.2 Å². The van der Waals surface area contributed by atoms with E-state index in [9.17, 15) is 9.59 Å². The zero-order valence-corrected chi connectivity index (χ0v) is 20.0. The van der Waals surface area contributed by atoms with Gasteiger partial charge >= 0.3 is 0 Å². The van der Waals surface area contributed by atoms with Crippen LogP contribution in [0.25, 0.3) is 0 Å². The van der Waals surface area contributed by atoms with E-state index in [-0.39, 0.29) is 30.0 Å². The van der Waals surface area contributed by atoms with Crippen LogP contribution in [0, 0.1) is 0 Å². The number of ether oxygens (including phenoxy) is 3. The number of carbonyl (C=O) groups is 1. The number of amides is 1. The molecule has 1 N–H and O–H groups in total. The first-order valence-electron chi connectivity index (χ1n) is 11.0. The summed E-state index contributed by atoms with van der Waals surface area (Å²) in [6.45, 7) is 0.538. The fraction of sp³-hybridized carbons (Fsp3) is 0.360. The summed E-state index contributed by atoms with van der Waals surface area (Å²) in [5.74, 6) is 2.44. The highest BCUT2D eigenvalue weighted by Crippen LogP contribution is 2.27. The zero-order valence-electron chi connectivity index (χ0n) is 20.0. The van der Waals surface area contributed by atoms with Gasteiger partial charge in [0, 0.05) is 32.9 Å². The third kappa shape index (κ3) is 6.57. The highest BCUT2D eigenvalue weighted by Gasteiger charge is 2.13. The minimum atomic E-state index is -0.325. The standard InChI is InChI=1S/C25H30N4O5/c1-29(13-12-17-8-10-21(33-3)22(15-17)34-4)24(30)11-9-20-25(31)26-23(28-27-20)16-18-6-5-7-19(14-18)32-2/h5-8,10,14-15H,9,11-13,16H2,1-4H3,(H,26,28,31). The Labute approximate surface area is 198 Å². The van der Waals surface area contributed by atoms with E-state index in [1.807, 2.05) is 42.5 Å². The summed E-state index contributed by atoms with van der Waals surface area (Å²) in [7, 11) is 6.53. The topological polar surface area (TPSA) is 107 Å². The van der Waals surface area contributed by atoms with Crippen LogP contribution in [-0.4, -0.2) is 60.9 Å². The molecule has 0 saturated heterocycles. The largest absolute Gasteiger partial charge is 0.497 e. The number of aromatic nitrogens is 3. The van der Waals surface area contributed by atoms with Gasteiger partial charge in [0.2, 0.25) is 5.91 Å². The molecule has 3 aromatic rings. The Morgan fingerprint density at radius 1 is 0.941 bits per heavy atom. The van der Waals surface area contributed by atoms with E-state index in [4.69, 9.17) is 14.2 Å². The van der Waals surface area contributed by atoms with Crippen molar-refractivity contribution in [3.8, 4) is 17.2 Å². The number of methoxy groups -OCH3 is 3. The van der Waals surface area contributed by atoms with Gasteiger partial charge in [0.1, 0.15) is 17.3 Å². The van der Waals surface area contributed by atoms with Crippen LogP contribution in [0.3, 0.4) is 0 Å². The third-order valence-corrected chi connectivity index (χ3v) is 5.50. The van der Waals surface area contributed by atoms with E-state index in [0.717, 1.165) is 16.9 Å². The second-order valence-corrected chi connectivity index (χ2v) is 7.83. The molecule has 0 radical (unpaired) electrons. The lowest BCUT2D eigenvalue weighted by molar-refractivity contribution is -0.129. The molecular formula is C25H30N4O5. The number of benzene rings is 2. The van der Waals surface area contributed by atoms with Gasteiger partial charge in [0.05, 0.1) is 21.3 Å². The fourth-order valence-corrected chi connectivity index (χ4v) is 3.49. The number of nitrogens with one attached hydrogen (secondary N) is 1. The van der Waals surface area contributed by atoms with E-state index < -0.39 is 0 Å². The Morgan fingerprint density at radius 3 is 2.44 bits per heavy atom. The summed E-state index contributed by atoms with van der Waals surface area (Å²) in [5, 5.41) is 8.18. The van der Waals surface area contributed by atoms with Gasteiger partial charge in [-0.1, -0.05) is 18.2 Å². The number of rotatable bonds is 11. The van der Waals surface area contributed by atoms with Crippen LogP contribution in [0.2, 0.25) is 0 Å². The van der Waals surface area contributed by atoms with Gasteiger partial charge in [0.25, 0.3) is 5.56 Å². The lowest BCUT2D eigenvalue weighted by atomic mass is 10.1. The Morgan fingerprint density at radius 2 is 1.74 bits per heavy atom. The molecule has 1 amide bonds. The molecule has 0 aliphatic heterocycles. The first kappa shape index (κ1) is 24.8. The number of nitrogens with zero attached hydrogens (tertiary/aromatic N) is 3.